The molecule has 2 bridgehead atoms. The van der Waals surface area contributed by atoms with Gasteiger partial charge in [-0.25, -0.2) is 0 Å². The number of fused-ring (bicyclic) bond motifs is 3. The van der Waals surface area contributed by atoms with Gasteiger partial charge in [-0.05, 0) is 55.9 Å². The van der Waals surface area contributed by atoms with Crippen LogP contribution in [0.3, 0.4) is 0 Å². The summed E-state index contributed by atoms with van der Waals surface area (Å²) in [6.45, 7) is 2.28. The molecule has 2 saturated carbocycles. The highest BCUT2D eigenvalue weighted by molar-refractivity contribution is 6.05. The second kappa shape index (κ2) is 5.36. The van der Waals surface area contributed by atoms with Crippen molar-refractivity contribution in [3.8, 4) is 0 Å². The summed E-state index contributed by atoms with van der Waals surface area (Å²) in [7, 11) is 0. The molecule has 4 rings (SSSR count). The SMILES string of the molecule is O/N=C1/CCCN(CC2CC3CCC2C3)c2ccccc21. The van der Waals surface area contributed by atoms with E-state index in [1.54, 1.807) is 0 Å². The summed E-state index contributed by atoms with van der Waals surface area (Å²) >= 11 is 0. The Morgan fingerprint density at radius 2 is 2.10 bits per heavy atom. The van der Waals surface area contributed by atoms with E-state index in [1.807, 2.05) is 6.07 Å². The van der Waals surface area contributed by atoms with E-state index in [0.29, 0.717) is 0 Å². The molecule has 21 heavy (non-hydrogen) atoms. The van der Waals surface area contributed by atoms with Crippen LogP contribution in [0.2, 0.25) is 0 Å². The topological polar surface area (TPSA) is 35.8 Å². The monoisotopic (exact) mass is 284 g/mol. The zero-order valence-corrected chi connectivity index (χ0v) is 12.5. The van der Waals surface area contributed by atoms with Crippen molar-refractivity contribution in [2.75, 3.05) is 18.0 Å². The minimum Gasteiger partial charge on any atom is -0.411 e. The first-order chi connectivity index (χ1) is 10.3. The average molecular weight is 284 g/mol. The molecule has 1 N–H and O–H groups in total. The molecule has 0 saturated heterocycles. The molecule has 1 aliphatic heterocycles. The van der Waals surface area contributed by atoms with E-state index in [0.717, 1.165) is 48.4 Å². The van der Waals surface area contributed by atoms with Gasteiger partial charge < -0.3 is 10.1 Å². The quantitative estimate of drug-likeness (QED) is 0.660. The molecule has 2 aliphatic carbocycles. The van der Waals surface area contributed by atoms with Crippen molar-refractivity contribution < 1.29 is 5.21 Å². The third-order valence-corrected chi connectivity index (χ3v) is 5.86. The van der Waals surface area contributed by atoms with Crippen LogP contribution in [0.4, 0.5) is 5.69 Å². The number of benzene rings is 1. The molecule has 3 unspecified atom stereocenters. The van der Waals surface area contributed by atoms with Crippen molar-refractivity contribution in [3.63, 3.8) is 0 Å². The van der Waals surface area contributed by atoms with E-state index in [-0.39, 0.29) is 0 Å². The van der Waals surface area contributed by atoms with Crippen molar-refractivity contribution in [1.82, 2.24) is 0 Å². The lowest BCUT2D eigenvalue weighted by Gasteiger charge is -2.31. The second-order valence-corrected chi connectivity index (χ2v) is 7.05. The highest BCUT2D eigenvalue weighted by atomic mass is 16.4. The summed E-state index contributed by atoms with van der Waals surface area (Å²) in [5.41, 5.74) is 3.24. The van der Waals surface area contributed by atoms with Gasteiger partial charge in [-0.15, -0.1) is 0 Å². The van der Waals surface area contributed by atoms with Gasteiger partial charge in [0, 0.05) is 24.3 Å². The molecule has 1 aromatic rings. The lowest BCUT2D eigenvalue weighted by Crippen LogP contribution is -2.32. The minimum atomic E-state index is 0.848. The van der Waals surface area contributed by atoms with Crippen LogP contribution in [0.25, 0.3) is 0 Å². The zero-order chi connectivity index (χ0) is 14.2. The Labute approximate surface area is 126 Å². The van der Waals surface area contributed by atoms with Gasteiger partial charge >= 0.3 is 0 Å². The van der Waals surface area contributed by atoms with Gasteiger partial charge in [0.2, 0.25) is 0 Å². The van der Waals surface area contributed by atoms with Gasteiger partial charge in [0.15, 0.2) is 0 Å². The van der Waals surface area contributed by atoms with Crippen LogP contribution in [0.1, 0.15) is 44.1 Å². The maximum atomic E-state index is 9.29. The van der Waals surface area contributed by atoms with Gasteiger partial charge in [0.05, 0.1) is 5.71 Å². The van der Waals surface area contributed by atoms with Crippen LogP contribution >= 0.6 is 0 Å². The van der Waals surface area contributed by atoms with Crippen LogP contribution in [0.5, 0.6) is 0 Å². The molecule has 1 heterocycles. The molecule has 0 spiro atoms. The molecule has 0 radical (unpaired) electrons. The first kappa shape index (κ1) is 13.2. The van der Waals surface area contributed by atoms with E-state index in [9.17, 15) is 5.21 Å². The Morgan fingerprint density at radius 3 is 2.86 bits per heavy atom. The van der Waals surface area contributed by atoms with Crippen LogP contribution in [0, 0.1) is 17.8 Å². The Kier molecular flexibility index (Phi) is 3.36. The predicted molar refractivity (Wildman–Crippen MR) is 85.2 cm³/mol. The summed E-state index contributed by atoms with van der Waals surface area (Å²) in [4.78, 5) is 2.55. The van der Waals surface area contributed by atoms with Gasteiger partial charge in [-0.3, -0.25) is 0 Å². The van der Waals surface area contributed by atoms with E-state index < -0.39 is 0 Å². The molecule has 0 amide bonds. The first-order valence-electron chi connectivity index (χ1n) is 8.40. The molecule has 1 aromatic carbocycles. The summed E-state index contributed by atoms with van der Waals surface area (Å²) in [6, 6.07) is 8.44. The smallest absolute Gasteiger partial charge is 0.0889 e. The predicted octanol–water partition coefficient (Wildman–Crippen LogP) is 3.90. The van der Waals surface area contributed by atoms with Crippen molar-refractivity contribution >= 4 is 11.4 Å². The van der Waals surface area contributed by atoms with Crippen LogP contribution in [-0.2, 0) is 0 Å². The highest BCUT2D eigenvalue weighted by Crippen LogP contribution is 2.48. The number of nitrogens with zero attached hydrogens (tertiary/aromatic N) is 2. The molecule has 3 nitrogen and oxygen atoms in total. The fraction of sp³-hybridized carbons (Fsp3) is 0.611. The summed E-state index contributed by atoms with van der Waals surface area (Å²) in [5, 5.41) is 12.8. The normalized spacial score (nSPS) is 33.2. The molecule has 0 aromatic heterocycles. The second-order valence-electron chi connectivity index (χ2n) is 7.05. The van der Waals surface area contributed by atoms with Gasteiger partial charge in [-0.1, -0.05) is 29.8 Å². The molecular formula is C18H24N2O. The maximum absolute atomic E-state index is 9.29. The average Bonchev–Trinajstić information content (AvgIpc) is 3.08. The molecular weight excluding hydrogens is 260 g/mol. The third-order valence-electron chi connectivity index (χ3n) is 5.86. The lowest BCUT2D eigenvalue weighted by molar-refractivity contribution is 0.318. The number of anilines is 1. The Bertz CT molecular complexity index is 554. The van der Waals surface area contributed by atoms with E-state index in [4.69, 9.17) is 0 Å². The summed E-state index contributed by atoms with van der Waals surface area (Å²) in [5.74, 6) is 2.86. The van der Waals surface area contributed by atoms with Crippen LogP contribution < -0.4 is 4.90 Å². The molecule has 3 atom stereocenters. The van der Waals surface area contributed by atoms with Gasteiger partial charge in [-0.2, -0.15) is 0 Å². The number of rotatable bonds is 2. The number of oxime groups is 1. The standard InChI is InChI=1S/C18H24N2O/c21-19-17-5-3-9-20(18-6-2-1-4-16(17)18)12-15-11-13-7-8-14(15)10-13/h1-2,4,6,13-15,21H,3,5,7-12H2/b19-17-. The minimum absolute atomic E-state index is 0.848. The fourth-order valence-corrected chi connectivity index (χ4v) is 4.86. The van der Waals surface area contributed by atoms with Crippen LogP contribution in [-0.4, -0.2) is 24.0 Å². The summed E-state index contributed by atoms with van der Waals surface area (Å²) in [6.07, 6.45) is 7.79. The summed E-state index contributed by atoms with van der Waals surface area (Å²) < 4.78 is 0. The van der Waals surface area contributed by atoms with Crippen molar-refractivity contribution in [2.24, 2.45) is 22.9 Å². The maximum Gasteiger partial charge on any atom is 0.0889 e. The van der Waals surface area contributed by atoms with E-state index in [2.05, 4.69) is 28.3 Å². The highest BCUT2D eigenvalue weighted by Gasteiger charge is 2.40. The van der Waals surface area contributed by atoms with Gasteiger partial charge in [0.1, 0.15) is 0 Å². The first-order valence-corrected chi connectivity index (χ1v) is 8.40. The third kappa shape index (κ3) is 2.33. The van der Waals surface area contributed by atoms with Gasteiger partial charge in [0.25, 0.3) is 0 Å². The zero-order valence-electron chi connectivity index (χ0n) is 12.5. The molecule has 2 fully saturated rings. The van der Waals surface area contributed by atoms with Crippen molar-refractivity contribution in [3.05, 3.63) is 29.8 Å². The lowest BCUT2D eigenvalue weighted by atomic mass is 9.88. The van der Waals surface area contributed by atoms with Crippen molar-refractivity contribution in [2.45, 2.75) is 38.5 Å². The largest absolute Gasteiger partial charge is 0.411 e. The van der Waals surface area contributed by atoms with E-state index >= 15 is 0 Å². The Morgan fingerprint density at radius 1 is 1.19 bits per heavy atom. The number of hydrogen-bond donors (Lipinski definition) is 1. The van der Waals surface area contributed by atoms with Crippen molar-refractivity contribution in [1.29, 1.82) is 0 Å². The number of hydrogen-bond acceptors (Lipinski definition) is 3. The van der Waals surface area contributed by atoms with E-state index in [1.165, 1.54) is 37.9 Å². The number of para-hydroxylation sites is 1. The molecule has 112 valence electrons. The molecule has 3 heteroatoms. The Balaban J connectivity index is 1.60. The Hall–Kier alpha value is -1.51. The van der Waals surface area contributed by atoms with Crippen LogP contribution in [0.15, 0.2) is 29.4 Å². The molecule has 3 aliphatic rings. The fourth-order valence-electron chi connectivity index (χ4n) is 4.86.